The Balaban J connectivity index is 2.66. The lowest BCUT2D eigenvalue weighted by molar-refractivity contribution is 1.05. The molecule has 0 unspecified atom stereocenters. The predicted octanol–water partition coefficient (Wildman–Crippen LogP) is 3.42. The van der Waals surface area contributed by atoms with E-state index in [-0.39, 0.29) is 0 Å². The summed E-state index contributed by atoms with van der Waals surface area (Å²) in [5.74, 6) is 0.838. The number of hydrogen-bond acceptors (Lipinski definition) is 3. The van der Waals surface area contributed by atoms with Gasteiger partial charge < -0.3 is 5.32 Å². The average Bonchev–Trinajstić information content (AvgIpc) is 2.32. The van der Waals surface area contributed by atoms with Gasteiger partial charge >= 0.3 is 0 Å². The number of nitrogens with one attached hydrogen (secondary N) is 1. The Morgan fingerprint density at radius 1 is 0.944 bits per heavy atom. The molecule has 2 rings (SSSR count). The third kappa shape index (κ3) is 2.21. The number of rotatable bonds is 2. The molecule has 1 heterocycles. The van der Waals surface area contributed by atoms with Gasteiger partial charge in [0.1, 0.15) is 5.69 Å². The summed E-state index contributed by atoms with van der Waals surface area (Å²) in [6, 6.07) is 6.40. The molecule has 94 valence electrons. The number of nitrogens with zero attached hydrogens (tertiary/aromatic N) is 2. The van der Waals surface area contributed by atoms with E-state index in [4.69, 9.17) is 0 Å². The summed E-state index contributed by atoms with van der Waals surface area (Å²) in [5.41, 5.74) is 6.50. The van der Waals surface area contributed by atoms with Crippen molar-refractivity contribution in [3.8, 4) is 11.3 Å². The lowest BCUT2D eigenvalue weighted by Crippen LogP contribution is -2.03. The molecule has 0 fully saturated rings. The van der Waals surface area contributed by atoms with Crippen LogP contribution in [0.5, 0.6) is 0 Å². The van der Waals surface area contributed by atoms with E-state index >= 15 is 0 Å². The Kier molecular flexibility index (Phi) is 3.32. The minimum atomic E-state index is 0.838. The average molecular weight is 241 g/mol. The highest BCUT2D eigenvalue weighted by Crippen LogP contribution is 2.28. The van der Waals surface area contributed by atoms with Crippen molar-refractivity contribution < 1.29 is 0 Å². The van der Waals surface area contributed by atoms with Crippen LogP contribution in [0.1, 0.15) is 22.5 Å². The second-order valence-corrected chi connectivity index (χ2v) is 4.66. The van der Waals surface area contributed by atoms with Gasteiger partial charge in [-0.05, 0) is 33.3 Å². The molecule has 0 aliphatic carbocycles. The normalized spacial score (nSPS) is 10.5. The van der Waals surface area contributed by atoms with Gasteiger partial charge in [-0.3, -0.25) is 0 Å². The lowest BCUT2D eigenvalue weighted by atomic mass is 10.0. The molecule has 0 saturated carbocycles. The molecule has 0 saturated heterocycles. The van der Waals surface area contributed by atoms with E-state index in [0.29, 0.717) is 0 Å². The molecule has 1 aromatic heterocycles. The number of anilines is 1. The number of aryl methyl sites for hydroxylation is 4. The van der Waals surface area contributed by atoms with E-state index in [9.17, 15) is 0 Å². The highest BCUT2D eigenvalue weighted by Gasteiger charge is 2.12. The summed E-state index contributed by atoms with van der Waals surface area (Å²) in [5, 5.41) is 3.13. The van der Waals surface area contributed by atoms with E-state index in [2.05, 4.69) is 47.3 Å². The van der Waals surface area contributed by atoms with Crippen LogP contribution >= 0.6 is 0 Å². The third-order valence-corrected chi connectivity index (χ3v) is 3.18. The predicted molar refractivity (Wildman–Crippen MR) is 76.0 cm³/mol. The summed E-state index contributed by atoms with van der Waals surface area (Å²) in [7, 11) is 1.88. The molecule has 0 aliphatic heterocycles. The quantitative estimate of drug-likeness (QED) is 0.875. The topological polar surface area (TPSA) is 37.8 Å². The van der Waals surface area contributed by atoms with Gasteiger partial charge in [0.05, 0.1) is 11.4 Å². The first kappa shape index (κ1) is 12.6. The van der Waals surface area contributed by atoms with Crippen LogP contribution in [0.15, 0.2) is 18.2 Å². The van der Waals surface area contributed by atoms with E-state index in [1.54, 1.807) is 0 Å². The zero-order chi connectivity index (χ0) is 13.3. The Morgan fingerprint density at radius 3 is 2.22 bits per heavy atom. The van der Waals surface area contributed by atoms with Crippen LogP contribution in [0.4, 0.5) is 5.82 Å². The second kappa shape index (κ2) is 4.77. The number of aromatic nitrogens is 2. The lowest BCUT2D eigenvalue weighted by Gasteiger charge is -2.12. The van der Waals surface area contributed by atoms with Crippen LogP contribution in [0, 0.1) is 27.7 Å². The fourth-order valence-corrected chi connectivity index (χ4v) is 2.04. The highest BCUT2D eigenvalue weighted by atomic mass is 15.0. The zero-order valence-corrected chi connectivity index (χ0v) is 11.6. The van der Waals surface area contributed by atoms with Crippen LogP contribution < -0.4 is 5.32 Å². The smallest absolute Gasteiger partial charge is 0.152 e. The zero-order valence-electron chi connectivity index (χ0n) is 11.6. The van der Waals surface area contributed by atoms with Crippen molar-refractivity contribution >= 4 is 5.82 Å². The fraction of sp³-hybridized carbons (Fsp3) is 0.333. The first-order valence-electron chi connectivity index (χ1n) is 6.13. The largest absolute Gasteiger partial charge is 0.371 e. The van der Waals surface area contributed by atoms with Gasteiger partial charge in [0.25, 0.3) is 0 Å². The van der Waals surface area contributed by atoms with Crippen LogP contribution in [0.2, 0.25) is 0 Å². The molecule has 0 atom stereocenters. The monoisotopic (exact) mass is 241 g/mol. The van der Waals surface area contributed by atoms with E-state index < -0.39 is 0 Å². The Labute approximate surface area is 108 Å². The van der Waals surface area contributed by atoms with Crippen molar-refractivity contribution in [1.29, 1.82) is 0 Å². The summed E-state index contributed by atoms with van der Waals surface area (Å²) >= 11 is 0. The van der Waals surface area contributed by atoms with Crippen LogP contribution in [0.25, 0.3) is 11.3 Å². The van der Waals surface area contributed by atoms with Crippen LogP contribution in [0.3, 0.4) is 0 Å². The highest BCUT2D eigenvalue weighted by molar-refractivity contribution is 5.74. The summed E-state index contributed by atoms with van der Waals surface area (Å²) in [6.07, 6.45) is 0. The maximum Gasteiger partial charge on any atom is 0.152 e. The molecular weight excluding hydrogens is 222 g/mol. The van der Waals surface area contributed by atoms with E-state index in [0.717, 1.165) is 28.5 Å². The molecule has 1 N–H and O–H groups in total. The van der Waals surface area contributed by atoms with Crippen LogP contribution in [-0.2, 0) is 0 Å². The third-order valence-electron chi connectivity index (χ3n) is 3.18. The van der Waals surface area contributed by atoms with Crippen molar-refractivity contribution in [2.24, 2.45) is 0 Å². The maximum atomic E-state index is 4.68. The summed E-state index contributed by atoms with van der Waals surface area (Å²) < 4.78 is 0. The van der Waals surface area contributed by atoms with E-state index in [1.165, 1.54) is 11.1 Å². The van der Waals surface area contributed by atoms with Crippen molar-refractivity contribution in [2.45, 2.75) is 27.7 Å². The molecule has 18 heavy (non-hydrogen) atoms. The Hall–Kier alpha value is -1.90. The summed E-state index contributed by atoms with van der Waals surface area (Å²) in [4.78, 5) is 9.24. The van der Waals surface area contributed by atoms with Gasteiger partial charge in [0, 0.05) is 12.6 Å². The second-order valence-electron chi connectivity index (χ2n) is 4.66. The van der Waals surface area contributed by atoms with Gasteiger partial charge in [0.15, 0.2) is 5.82 Å². The first-order valence-corrected chi connectivity index (χ1v) is 6.13. The fourth-order valence-electron chi connectivity index (χ4n) is 2.04. The Bertz CT molecular complexity index is 589. The molecule has 0 radical (unpaired) electrons. The molecular formula is C15H19N3. The van der Waals surface area contributed by atoms with Crippen molar-refractivity contribution in [1.82, 2.24) is 9.97 Å². The molecule has 3 heteroatoms. The van der Waals surface area contributed by atoms with Gasteiger partial charge in [-0.2, -0.15) is 0 Å². The molecule has 0 aliphatic rings. The van der Waals surface area contributed by atoms with Crippen molar-refractivity contribution in [2.75, 3.05) is 12.4 Å². The first-order chi connectivity index (χ1) is 8.52. The minimum absolute atomic E-state index is 0.838. The SMILES string of the molecule is CNc1nc(C)c(C)nc1-c1ccc(C)cc1C. The van der Waals surface area contributed by atoms with Gasteiger partial charge in [-0.15, -0.1) is 0 Å². The summed E-state index contributed by atoms with van der Waals surface area (Å²) in [6.45, 7) is 8.18. The van der Waals surface area contributed by atoms with Gasteiger partial charge in [-0.25, -0.2) is 9.97 Å². The Morgan fingerprint density at radius 2 is 1.61 bits per heavy atom. The molecule has 0 amide bonds. The van der Waals surface area contributed by atoms with Crippen LogP contribution in [-0.4, -0.2) is 17.0 Å². The number of hydrogen-bond donors (Lipinski definition) is 1. The number of benzene rings is 1. The molecule has 1 aromatic carbocycles. The van der Waals surface area contributed by atoms with E-state index in [1.807, 2.05) is 20.9 Å². The van der Waals surface area contributed by atoms with Crippen molar-refractivity contribution in [3.63, 3.8) is 0 Å². The molecule has 3 nitrogen and oxygen atoms in total. The molecule has 0 bridgehead atoms. The molecule has 2 aromatic rings. The standard InChI is InChI=1S/C15H19N3/c1-9-6-7-13(10(2)8-9)14-15(16-5)18-12(4)11(3)17-14/h6-8H,1-5H3,(H,16,18). The van der Waals surface area contributed by atoms with Gasteiger partial charge in [-0.1, -0.05) is 23.8 Å². The molecule has 0 spiro atoms. The van der Waals surface area contributed by atoms with Gasteiger partial charge in [0.2, 0.25) is 0 Å². The minimum Gasteiger partial charge on any atom is -0.371 e. The maximum absolute atomic E-state index is 4.68. The van der Waals surface area contributed by atoms with Crippen molar-refractivity contribution in [3.05, 3.63) is 40.7 Å².